The first kappa shape index (κ1) is 22.1. The molecule has 0 aliphatic carbocycles. The van der Waals surface area contributed by atoms with Gasteiger partial charge in [0.2, 0.25) is 5.91 Å². The number of aliphatic imine (C=N–C) groups is 1. The van der Waals surface area contributed by atoms with E-state index in [9.17, 15) is 4.79 Å². The number of para-hydroxylation sites is 1. The topological polar surface area (TPSA) is 90.9 Å². The van der Waals surface area contributed by atoms with Gasteiger partial charge >= 0.3 is 0 Å². The van der Waals surface area contributed by atoms with E-state index in [2.05, 4.69) is 51.0 Å². The molecule has 0 spiro atoms. The molecule has 2 atom stereocenters. The molecule has 0 bridgehead atoms. The number of aromatic nitrogens is 1. The molecule has 1 fully saturated rings. The molecule has 1 aromatic heterocycles. The minimum Gasteiger partial charge on any atom is -0.375 e. The van der Waals surface area contributed by atoms with Gasteiger partial charge in [-0.2, -0.15) is 0 Å². The number of morpholine rings is 1. The lowest BCUT2D eigenvalue weighted by Gasteiger charge is -2.32. The summed E-state index contributed by atoms with van der Waals surface area (Å²) in [5.41, 5.74) is 3.11. The van der Waals surface area contributed by atoms with Gasteiger partial charge in [-0.15, -0.1) is 0 Å². The Morgan fingerprint density at radius 2 is 2.16 bits per heavy atom. The fourth-order valence-electron chi connectivity index (χ4n) is 4.14. The molecule has 0 saturated carbocycles. The lowest BCUT2D eigenvalue weighted by molar-refractivity contribution is -0.116. The van der Waals surface area contributed by atoms with Crippen molar-refractivity contribution in [2.45, 2.75) is 38.8 Å². The van der Waals surface area contributed by atoms with E-state index in [1.54, 1.807) is 0 Å². The van der Waals surface area contributed by atoms with E-state index < -0.39 is 0 Å². The smallest absolute Gasteiger partial charge is 0.225 e. The molecule has 8 nitrogen and oxygen atoms in total. The number of carbonyl (C=O) groups excluding carboxylic acids is 1. The monoisotopic (exact) mass is 436 g/mol. The van der Waals surface area contributed by atoms with E-state index in [4.69, 9.17) is 9.73 Å². The second-order valence-corrected chi connectivity index (χ2v) is 8.26. The highest BCUT2D eigenvalue weighted by molar-refractivity contribution is 5.94. The van der Waals surface area contributed by atoms with E-state index >= 15 is 0 Å². The quantitative estimate of drug-likeness (QED) is 0.476. The fraction of sp³-hybridized carbons (Fsp3) is 0.458. The Kier molecular flexibility index (Phi) is 7.21. The van der Waals surface area contributed by atoms with Gasteiger partial charge in [0, 0.05) is 50.4 Å². The maximum absolute atomic E-state index is 12.1. The van der Waals surface area contributed by atoms with Gasteiger partial charge in [-0.1, -0.05) is 24.3 Å². The largest absolute Gasteiger partial charge is 0.375 e. The number of amides is 1. The molecule has 2 aromatic rings. The molecule has 1 saturated heterocycles. The molecular weight excluding hydrogens is 404 g/mol. The van der Waals surface area contributed by atoms with E-state index in [1.807, 2.05) is 31.3 Å². The van der Waals surface area contributed by atoms with Gasteiger partial charge in [-0.3, -0.25) is 4.79 Å². The van der Waals surface area contributed by atoms with Crippen molar-refractivity contribution >= 4 is 23.4 Å². The van der Waals surface area contributed by atoms with E-state index in [-0.39, 0.29) is 17.9 Å². The summed E-state index contributed by atoms with van der Waals surface area (Å²) in [5, 5.41) is 9.65. The molecule has 1 amide bonds. The van der Waals surface area contributed by atoms with Crippen LogP contribution in [0.4, 0.5) is 11.5 Å². The number of hydrogen-bond acceptors (Lipinski definition) is 5. The summed E-state index contributed by atoms with van der Waals surface area (Å²) in [5.74, 6) is 1.88. The number of rotatable bonds is 6. The van der Waals surface area contributed by atoms with Gasteiger partial charge in [0.1, 0.15) is 5.82 Å². The Morgan fingerprint density at radius 1 is 1.28 bits per heavy atom. The summed E-state index contributed by atoms with van der Waals surface area (Å²) >= 11 is 0. The zero-order valence-electron chi connectivity index (χ0n) is 18.8. The third kappa shape index (κ3) is 5.56. The first-order valence-corrected chi connectivity index (χ1v) is 11.3. The Bertz CT molecular complexity index is 946. The highest BCUT2D eigenvalue weighted by Gasteiger charge is 2.24. The van der Waals surface area contributed by atoms with Crippen LogP contribution >= 0.6 is 0 Å². The van der Waals surface area contributed by atoms with Gasteiger partial charge in [-0.05, 0) is 37.1 Å². The third-order valence-corrected chi connectivity index (χ3v) is 5.76. The molecule has 170 valence electrons. The Hall–Kier alpha value is -3.13. The van der Waals surface area contributed by atoms with Crippen LogP contribution in [0.3, 0.4) is 0 Å². The minimum atomic E-state index is 0.0539. The summed E-state index contributed by atoms with van der Waals surface area (Å²) in [6.07, 6.45) is 2.59. The number of guanidine groups is 1. The standard InChI is InChI=1S/C24H32N6O2/c1-3-25-24(28-15-19-12-23(31)29-21-7-5-4-6-20(19)21)27-14-18-8-9-22(26-13-18)30-10-11-32-17(2)16-30/h4-9,13,17,19H,3,10-12,14-16H2,1-2H3,(H,29,31)(H2,25,27,28). The molecule has 0 radical (unpaired) electrons. The predicted octanol–water partition coefficient (Wildman–Crippen LogP) is 2.49. The lowest BCUT2D eigenvalue weighted by atomic mass is 9.90. The number of pyridine rings is 1. The SMILES string of the molecule is CCNC(=NCc1ccc(N2CCOC(C)C2)nc1)NCC1CC(=O)Nc2ccccc21. The maximum atomic E-state index is 12.1. The van der Waals surface area contributed by atoms with Crippen LogP contribution in [0.5, 0.6) is 0 Å². The number of hydrogen-bond donors (Lipinski definition) is 3. The van der Waals surface area contributed by atoms with Crippen molar-refractivity contribution in [3.63, 3.8) is 0 Å². The molecule has 32 heavy (non-hydrogen) atoms. The normalized spacial score (nSPS) is 21.0. The van der Waals surface area contributed by atoms with Crippen LogP contribution in [0.25, 0.3) is 0 Å². The molecule has 3 heterocycles. The average molecular weight is 437 g/mol. The Labute approximate surface area is 189 Å². The van der Waals surface area contributed by atoms with E-state index in [1.165, 1.54) is 0 Å². The van der Waals surface area contributed by atoms with Gasteiger partial charge in [0.05, 0.1) is 19.3 Å². The summed E-state index contributed by atoms with van der Waals surface area (Å²) in [7, 11) is 0. The van der Waals surface area contributed by atoms with Crippen LogP contribution in [0, 0.1) is 0 Å². The molecule has 2 aliphatic rings. The Morgan fingerprint density at radius 3 is 2.94 bits per heavy atom. The summed E-state index contributed by atoms with van der Waals surface area (Å²) in [6, 6.07) is 12.1. The van der Waals surface area contributed by atoms with Crippen molar-refractivity contribution in [3.05, 3.63) is 53.7 Å². The molecule has 8 heteroatoms. The molecule has 2 unspecified atom stereocenters. The number of anilines is 2. The van der Waals surface area contributed by atoms with Gasteiger partial charge in [0.15, 0.2) is 5.96 Å². The zero-order chi connectivity index (χ0) is 22.3. The second-order valence-electron chi connectivity index (χ2n) is 8.26. The van der Waals surface area contributed by atoms with Crippen LogP contribution < -0.4 is 20.9 Å². The molecule has 1 aromatic carbocycles. The van der Waals surface area contributed by atoms with Crippen molar-refractivity contribution in [2.75, 3.05) is 43.0 Å². The third-order valence-electron chi connectivity index (χ3n) is 5.76. The number of benzene rings is 1. The summed E-state index contributed by atoms with van der Waals surface area (Å²) < 4.78 is 5.61. The minimum absolute atomic E-state index is 0.0539. The highest BCUT2D eigenvalue weighted by Crippen LogP contribution is 2.31. The van der Waals surface area contributed by atoms with Crippen molar-refractivity contribution in [3.8, 4) is 0 Å². The number of fused-ring (bicyclic) bond motifs is 1. The van der Waals surface area contributed by atoms with Crippen molar-refractivity contribution in [1.82, 2.24) is 15.6 Å². The van der Waals surface area contributed by atoms with Gasteiger partial charge < -0.3 is 25.6 Å². The van der Waals surface area contributed by atoms with Crippen molar-refractivity contribution < 1.29 is 9.53 Å². The molecule has 2 aliphatic heterocycles. The molecular formula is C24H32N6O2. The fourth-order valence-corrected chi connectivity index (χ4v) is 4.14. The number of carbonyl (C=O) groups is 1. The highest BCUT2D eigenvalue weighted by atomic mass is 16.5. The number of ether oxygens (including phenoxy) is 1. The van der Waals surface area contributed by atoms with E-state index in [0.717, 1.165) is 54.8 Å². The lowest BCUT2D eigenvalue weighted by Crippen LogP contribution is -2.41. The molecule has 4 rings (SSSR count). The van der Waals surface area contributed by atoms with E-state index in [0.29, 0.717) is 19.5 Å². The summed E-state index contributed by atoms with van der Waals surface area (Å²) in [4.78, 5) is 23.7. The van der Waals surface area contributed by atoms with Crippen LogP contribution in [0.1, 0.15) is 37.3 Å². The number of nitrogens with one attached hydrogen (secondary N) is 3. The van der Waals surface area contributed by atoms with Crippen LogP contribution in [0.15, 0.2) is 47.6 Å². The second kappa shape index (κ2) is 10.5. The first-order chi connectivity index (χ1) is 15.6. The number of nitrogens with zero attached hydrogens (tertiary/aromatic N) is 3. The zero-order valence-corrected chi connectivity index (χ0v) is 18.8. The van der Waals surface area contributed by atoms with Gasteiger partial charge in [0.25, 0.3) is 0 Å². The van der Waals surface area contributed by atoms with Crippen LogP contribution in [-0.2, 0) is 16.1 Å². The van der Waals surface area contributed by atoms with Gasteiger partial charge in [-0.25, -0.2) is 9.98 Å². The average Bonchev–Trinajstić information content (AvgIpc) is 2.81. The maximum Gasteiger partial charge on any atom is 0.225 e. The van der Waals surface area contributed by atoms with Crippen molar-refractivity contribution in [1.29, 1.82) is 0 Å². The molecule has 3 N–H and O–H groups in total. The van der Waals surface area contributed by atoms with Crippen LogP contribution in [-0.4, -0.2) is 55.7 Å². The van der Waals surface area contributed by atoms with Crippen molar-refractivity contribution in [2.24, 2.45) is 4.99 Å². The summed E-state index contributed by atoms with van der Waals surface area (Å²) in [6.45, 7) is 8.53. The predicted molar refractivity (Wildman–Crippen MR) is 127 cm³/mol. The Balaban J connectivity index is 1.37. The first-order valence-electron chi connectivity index (χ1n) is 11.3. The van der Waals surface area contributed by atoms with Crippen LogP contribution in [0.2, 0.25) is 0 Å².